The number of ether oxygens (including phenoxy) is 1. The largest absolute Gasteiger partial charge is 0.441 e. The summed E-state index contributed by atoms with van der Waals surface area (Å²) in [5, 5.41) is 8.50. The molecule has 4 rings (SSSR count). The molecule has 136 valence electrons. The molecule has 3 aromatic rings. The fourth-order valence-corrected chi connectivity index (χ4v) is 3.61. The van der Waals surface area contributed by atoms with Crippen LogP contribution < -0.4 is 4.90 Å². The predicted octanol–water partition coefficient (Wildman–Crippen LogP) is 5.27. The van der Waals surface area contributed by atoms with Crippen LogP contribution in [0.3, 0.4) is 0 Å². The maximum Gasteiger partial charge on any atom is 0.415 e. The molecule has 0 unspecified atom stereocenters. The number of amides is 1. The van der Waals surface area contributed by atoms with Crippen molar-refractivity contribution in [1.82, 2.24) is 10.2 Å². The van der Waals surface area contributed by atoms with E-state index in [9.17, 15) is 4.79 Å². The second-order valence-electron chi connectivity index (χ2n) is 6.96. The number of cyclic esters (lactones) is 1. The number of rotatable bonds is 3. The lowest BCUT2D eigenvalue weighted by Gasteiger charge is -2.29. The monoisotopic (exact) mass is 379 g/mol. The third kappa shape index (κ3) is 3.26. The zero-order valence-electron chi connectivity index (χ0n) is 15.0. The summed E-state index contributed by atoms with van der Waals surface area (Å²) in [6, 6.07) is 19.0. The van der Waals surface area contributed by atoms with Crippen molar-refractivity contribution in [3.8, 4) is 11.3 Å². The first kappa shape index (κ1) is 17.5. The van der Waals surface area contributed by atoms with Crippen LogP contribution in [-0.4, -0.2) is 21.9 Å². The number of aromatic nitrogens is 2. The van der Waals surface area contributed by atoms with Gasteiger partial charge in [-0.25, -0.2) is 4.79 Å². The Morgan fingerprint density at radius 1 is 1.07 bits per heavy atom. The maximum atomic E-state index is 12.6. The molecule has 0 aliphatic carbocycles. The van der Waals surface area contributed by atoms with Crippen LogP contribution in [0.25, 0.3) is 11.3 Å². The average molecular weight is 380 g/mol. The molecule has 1 fully saturated rings. The van der Waals surface area contributed by atoms with Crippen molar-refractivity contribution in [1.29, 1.82) is 0 Å². The van der Waals surface area contributed by atoms with Gasteiger partial charge in [0, 0.05) is 11.3 Å². The van der Waals surface area contributed by atoms with Crippen LogP contribution in [-0.2, 0) is 4.74 Å². The molecule has 0 N–H and O–H groups in total. The maximum absolute atomic E-state index is 12.6. The Morgan fingerprint density at radius 3 is 2.44 bits per heavy atom. The molecule has 0 spiro atoms. The Morgan fingerprint density at radius 2 is 1.78 bits per heavy atom. The summed E-state index contributed by atoms with van der Waals surface area (Å²) in [5.74, 6) is 0. The number of halogens is 1. The summed E-state index contributed by atoms with van der Waals surface area (Å²) in [5.41, 5.74) is 2.70. The average Bonchev–Trinajstić information content (AvgIpc) is 2.91. The molecule has 5 nitrogen and oxygen atoms in total. The van der Waals surface area contributed by atoms with Crippen molar-refractivity contribution in [2.75, 3.05) is 4.90 Å². The van der Waals surface area contributed by atoms with Crippen LogP contribution in [0.15, 0.2) is 66.9 Å². The quantitative estimate of drug-likeness (QED) is 0.621. The Bertz CT molecular complexity index is 974. The van der Waals surface area contributed by atoms with Crippen molar-refractivity contribution >= 4 is 23.4 Å². The molecule has 1 atom stereocenters. The molecule has 6 heteroatoms. The third-order valence-corrected chi connectivity index (χ3v) is 4.85. The first-order valence-electron chi connectivity index (χ1n) is 8.61. The molecule has 1 aliphatic heterocycles. The van der Waals surface area contributed by atoms with Crippen LogP contribution in [0.1, 0.15) is 25.5 Å². The molecule has 2 aromatic carbocycles. The second-order valence-corrected chi connectivity index (χ2v) is 7.40. The molecule has 1 aromatic heterocycles. The van der Waals surface area contributed by atoms with E-state index < -0.39 is 5.60 Å². The van der Waals surface area contributed by atoms with Crippen molar-refractivity contribution < 1.29 is 9.53 Å². The van der Waals surface area contributed by atoms with E-state index in [-0.39, 0.29) is 12.1 Å². The zero-order chi connectivity index (χ0) is 19.0. The molecule has 2 heterocycles. The SMILES string of the molecule is CC1(C)OC(=O)N(c2ccc(-c3cc(Cl)cnn3)cc2)[C@H]1c1ccccc1. The van der Waals surface area contributed by atoms with Gasteiger partial charge in [0.1, 0.15) is 11.6 Å². The number of nitrogens with zero attached hydrogens (tertiary/aromatic N) is 3. The Balaban J connectivity index is 1.71. The van der Waals surface area contributed by atoms with Gasteiger partial charge in [-0.1, -0.05) is 54.1 Å². The molecule has 1 amide bonds. The number of carbonyl (C=O) groups is 1. The summed E-state index contributed by atoms with van der Waals surface area (Å²) in [4.78, 5) is 14.3. The Hall–Kier alpha value is -2.92. The van der Waals surface area contributed by atoms with Gasteiger partial charge >= 0.3 is 6.09 Å². The molecule has 1 saturated heterocycles. The first-order chi connectivity index (χ1) is 13.0. The van der Waals surface area contributed by atoms with E-state index >= 15 is 0 Å². The molecule has 1 aliphatic rings. The number of hydrogen-bond acceptors (Lipinski definition) is 4. The molecule has 0 bridgehead atoms. The van der Waals surface area contributed by atoms with E-state index in [1.54, 1.807) is 11.0 Å². The summed E-state index contributed by atoms with van der Waals surface area (Å²) >= 11 is 6.00. The minimum atomic E-state index is -0.643. The smallest absolute Gasteiger partial charge is 0.415 e. The van der Waals surface area contributed by atoms with Crippen molar-refractivity contribution in [3.63, 3.8) is 0 Å². The fourth-order valence-electron chi connectivity index (χ4n) is 3.46. The normalized spacial score (nSPS) is 18.4. The fraction of sp³-hybridized carbons (Fsp3) is 0.190. The highest BCUT2D eigenvalue weighted by Gasteiger charge is 2.49. The summed E-state index contributed by atoms with van der Waals surface area (Å²) < 4.78 is 5.66. The molecule has 0 saturated carbocycles. The van der Waals surface area contributed by atoms with Crippen LogP contribution in [0, 0.1) is 0 Å². The number of benzene rings is 2. The third-order valence-electron chi connectivity index (χ3n) is 4.64. The summed E-state index contributed by atoms with van der Waals surface area (Å²) in [7, 11) is 0. The Kier molecular flexibility index (Phi) is 4.32. The highest BCUT2D eigenvalue weighted by atomic mass is 35.5. The predicted molar refractivity (Wildman–Crippen MR) is 105 cm³/mol. The van der Waals surface area contributed by atoms with Crippen LogP contribution in [0.5, 0.6) is 0 Å². The molecule has 27 heavy (non-hydrogen) atoms. The first-order valence-corrected chi connectivity index (χ1v) is 8.99. The number of anilines is 1. The van der Waals surface area contributed by atoms with E-state index in [4.69, 9.17) is 16.3 Å². The zero-order valence-corrected chi connectivity index (χ0v) is 15.7. The van der Waals surface area contributed by atoms with Gasteiger partial charge in [0.25, 0.3) is 0 Å². The standard InChI is InChI=1S/C21H18ClN3O2/c1-21(2)19(15-6-4-3-5-7-15)25(20(26)27-21)17-10-8-14(9-11-17)18-12-16(22)13-23-24-18/h3-13,19H,1-2H3/t19-/m0/s1. The van der Waals surface area contributed by atoms with Crippen molar-refractivity contribution in [2.45, 2.75) is 25.5 Å². The van der Waals surface area contributed by atoms with Crippen LogP contribution in [0.2, 0.25) is 5.02 Å². The van der Waals surface area contributed by atoms with Gasteiger partial charge in [-0.2, -0.15) is 10.2 Å². The van der Waals surface area contributed by atoms with Crippen LogP contribution >= 0.6 is 11.6 Å². The van der Waals surface area contributed by atoms with Gasteiger partial charge in [-0.3, -0.25) is 4.90 Å². The van der Waals surface area contributed by atoms with Gasteiger partial charge in [-0.05, 0) is 37.6 Å². The lowest BCUT2D eigenvalue weighted by atomic mass is 9.91. The van der Waals surface area contributed by atoms with E-state index in [1.807, 2.05) is 68.4 Å². The number of hydrogen-bond donors (Lipinski definition) is 0. The highest BCUT2D eigenvalue weighted by Crippen LogP contribution is 2.43. The van der Waals surface area contributed by atoms with E-state index in [0.717, 1.165) is 16.8 Å². The van der Waals surface area contributed by atoms with E-state index in [0.29, 0.717) is 10.7 Å². The second kappa shape index (κ2) is 6.67. The van der Waals surface area contributed by atoms with Crippen molar-refractivity contribution in [2.24, 2.45) is 0 Å². The molecule has 0 radical (unpaired) electrons. The lowest BCUT2D eigenvalue weighted by Crippen LogP contribution is -2.33. The topological polar surface area (TPSA) is 55.3 Å². The summed E-state index contributed by atoms with van der Waals surface area (Å²) in [6.45, 7) is 3.86. The Labute approximate surface area is 162 Å². The van der Waals surface area contributed by atoms with E-state index in [2.05, 4.69) is 10.2 Å². The molecular weight excluding hydrogens is 362 g/mol. The van der Waals surface area contributed by atoms with Gasteiger partial charge in [0.2, 0.25) is 0 Å². The minimum absolute atomic E-state index is 0.219. The number of carbonyl (C=O) groups excluding carboxylic acids is 1. The van der Waals surface area contributed by atoms with Gasteiger partial charge in [0.15, 0.2) is 0 Å². The van der Waals surface area contributed by atoms with E-state index in [1.165, 1.54) is 6.20 Å². The van der Waals surface area contributed by atoms with Gasteiger partial charge < -0.3 is 4.74 Å². The minimum Gasteiger partial charge on any atom is -0.441 e. The summed E-state index contributed by atoms with van der Waals surface area (Å²) in [6.07, 6.45) is 1.13. The van der Waals surface area contributed by atoms with Gasteiger partial charge in [0.05, 0.1) is 16.9 Å². The van der Waals surface area contributed by atoms with Crippen molar-refractivity contribution in [3.05, 3.63) is 77.4 Å². The lowest BCUT2D eigenvalue weighted by molar-refractivity contribution is 0.0685. The molecular formula is C21H18ClN3O2. The van der Waals surface area contributed by atoms with Crippen LogP contribution in [0.4, 0.5) is 10.5 Å². The highest BCUT2D eigenvalue weighted by molar-refractivity contribution is 6.30. The van der Waals surface area contributed by atoms with Gasteiger partial charge in [-0.15, -0.1) is 0 Å².